The lowest BCUT2D eigenvalue weighted by atomic mass is 10.2. The van der Waals surface area contributed by atoms with Gasteiger partial charge >= 0.3 is 0 Å². The lowest BCUT2D eigenvalue weighted by Crippen LogP contribution is -1.94. The van der Waals surface area contributed by atoms with Gasteiger partial charge in [-0.15, -0.1) is 10.2 Å². The lowest BCUT2D eigenvalue weighted by Gasteiger charge is -2.04. The predicted molar refractivity (Wildman–Crippen MR) is 75.6 cm³/mol. The Morgan fingerprint density at radius 1 is 0.842 bits per heavy atom. The van der Waals surface area contributed by atoms with Crippen molar-refractivity contribution in [1.82, 2.24) is 20.2 Å². The Kier molecular flexibility index (Phi) is 3.22. The van der Waals surface area contributed by atoms with Gasteiger partial charge in [0.2, 0.25) is 0 Å². The Balaban J connectivity index is 2.21. The SMILES string of the molecule is Clc1ccc(-c2ncc3c(Cl)nnc(Cl)c3n2)cc1. The number of benzene rings is 1. The number of aromatic nitrogens is 4. The zero-order valence-electron chi connectivity index (χ0n) is 9.31. The number of fused-ring (bicyclic) bond motifs is 1. The van der Waals surface area contributed by atoms with Crippen LogP contribution >= 0.6 is 34.8 Å². The van der Waals surface area contributed by atoms with Crippen molar-refractivity contribution >= 4 is 45.7 Å². The number of halogens is 3. The van der Waals surface area contributed by atoms with Crippen molar-refractivity contribution in [3.63, 3.8) is 0 Å². The van der Waals surface area contributed by atoms with E-state index in [9.17, 15) is 0 Å². The molecule has 7 heteroatoms. The van der Waals surface area contributed by atoms with Gasteiger partial charge in [-0.05, 0) is 24.3 Å². The number of hydrogen-bond acceptors (Lipinski definition) is 4. The van der Waals surface area contributed by atoms with Crippen LogP contribution in [0.4, 0.5) is 0 Å². The van der Waals surface area contributed by atoms with Crippen LogP contribution in [0.15, 0.2) is 30.5 Å². The molecule has 94 valence electrons. The first kappa shape index (κ1) is 12.5. The van der Waals surface area contributed by atoms with E-state index < -0.39 is 0 Å². The Bertz CT molecular complexity index is 759. The first-order valence-corrected chi connectivity index (χ1v) is 6.39. The van der Waals surface area contributed by atoms with E-state index in [4.69, 9.17) is 34.8 Å². The van der Waals surface area contributed by atoms with E-state index in [0.29, 0.717) is 21.7 Å². The zero-order valence-corrected chi connectivity index (χ0v) is 11.6. The van der Waals surface area contributed by atoms with Crippen LogP contribution in [0.3, 0.4) is 0 Å². The van der Waals surface area contributed by atoms with Gasteiger partial charge < -0.3 is 0 Å². The molecule has 2 heterocycles. The van der Waals surface area contributed by atoms with Gasteiger partial charge in [0, 0.05) is 16.8 Å². The summed E-state index contributed by atoms with van der Waals surface area (Å²) in [6.45, 7) is 0. The maximum absolute atomic E-state index is 5.97. The fourth-order valence-electron chi connectivity index (χ4n) is 1.62. The molecule has 0 aliphatic carbocycles. The van der Waals surface area contributed by atoms with E-state index in [1.165, 1.54) is 0 Å². The Morgan fingerprint density at radius 3 is 2.26 bits per heavy atom. The predicted octanol–water partition coefficient (Wildman–Crippen LogP) is 4.05. The van der Waals surface area contributed by atoms with Gasteiger partial charge in [-0.25, -0.2) is 9.97 Å². The molecule has 0 bridgehead atoms. The van der Waals surface area contributed by atoms with Crippen molar-refractivity contribution in [2.75, 3.05) is 0 Å². The van der Waals surface area contributed by atoms with Crippen molar-refractivity contribution < 1.29 is 0 Å². The summed E-state index contributed by atoms with van der Waals surface area (Å²) in [4.78, 5) is 8.61. The molecule has 1 aromatic carbocycles. The average molecular weight is 312 g/mol. The highest BCUT2D eigenvalue weighted by Gasteiger charge is 2.10. The minimum atomic E-state index is 0.192. The normalized spacial score (nSPS) is 10.9. The molecule has 0 saturated heterocycles. The van der Waals surface area contributed by atoms with Crippen LogP contribution in [0.25, 0.3) is 22.3 Å². The summed E-state index contributed by atoms with van der Waals surface area (Å²) in [5, 5.41) is 9.07. The summed E-state index contributed by atoms with van der Waals surface area (Å²) in [6.07, 6.45) is 1.58. The molecular weight excluding hydrogens is 307 g/mol. The van der Waals surface area contributed by atoms with Gasteiger partial charge in [-0.3, -0.25) is 0 Å². The highest BCUT2D eigenvalue weighted by atomic mass is 35.5. The maximum atomic E-state index is 5.97. The Hall–Kier alpha value is -1.49. The summed E-state index contributed by atoms with van der Waals surface area (Å²) in [5.41, 5.74) is 1.30. The van der Waals surface area contributed by atoms with Crippen LogP contribution in [-0.2, 0) is 0 Å². The van der Waals surface area contributed by atoms with E-state index in [-0.39, 0.29) is 10.3 Å². The van der Waals surface area contributed by atoms with Crippen molar-refractivity contribution in [1.29, 1.82) is 0 Å². The monoisotopic (exact) mass is 310 g/mol. The summed E-state index contributed by atoms with van der Waals surface area (Å²) >= 11 is 17.7. The molecule has 3 rings (SSSR count). The third-order valence-corrected chi connectivity index (χ3v) is 3.32. The summed E-state index contributed by atoms with van der Waals surface area (Å²) < 4.78 is 0. The van der Waals surface area contributed by atoms with Gasteiger partial charge in [0.15, 0.2) is 16.1 Å². The molecule has 0 N–H and O–H groups in total. The van der Waals surface area contributed by atoms with Crippen molar-refractivity contribution in [3.8, 4) is 11.4 Å². The summed E-state index contributed by atoms with van der Waals surface area (Å²) in [7, 11) is 0. The van der Waals surface area contributed by atoms with Gasteiger partial charge in [0.1, 0.15) is 5.52 Å². The molecule has 19 heavy (non-hydrogen) atoms. The Labute approximate surface area is 123 Å². The van der Waals surface area contributed by atoms with Crippen LogP contribution in [0.1, 0.15) is 0 Å². The van der Waals surface area contributed by atoms with Crippen molar-refractivity contribution in [3.05, 3.63) is 45.8 Å². The summed E-state index contributed by atoms with van der Waals surface area (Å²) in [6, 6.07) is 7.19. The quantitative estimate of drug-likeness (QED) is 0.680. The van der Waals surface area contributed by atoms with Gasteiger partial charge in [-0.2, -0.15) is 0 Å². The smallest absolute Gasteiger partial charge is 0.178 e. The molecule has 0 aliphatic heterocycles. The fraction of sp³-hybridized carbons (Fsp3) is 0. The molecule has 0 radical (unpaired) electrons. The molecule has 0 aliphatic rings. The second-order valence-electron chi connectivity index (χ2n) is 3.74. The van der Waals surface area contributed by atoms with Crippen molar-refractivity contribution in [2.24, 2.45) is 0 Å². The molecule has 2 aromatic heterocycles. The number of nitrogens with zero attached hydrogens (tertiary/aromatic N) is 4. The highest BCUT2D eigenvalue weighted by molar-refractivity contribution is 6.37. The molecular formula is C12H5Cl3N4. The van der Waals surface area contributed by atoms with E-state index in [1.54, 1.807) is 18.3 Å². The topological polar surface area (TPSA) is 51.6 Å². The standard InChI is InChI=1S/C12H5Cl3N4/c13-7-3-1-6(2-4-7)12-16-5-8-9(17-12)11(15)19-18-10(8)14/h1-5H. The molecule has 0 atom stereocenters. The third kappa shape index (κ3) is 2.34. The lowest BCUT2D eigenvalue weighted by molar-refractivity contribution is 1.04. The van der Waals surface area contributed by atoms with Crippen LogP contribution in [0.2, 0.25) is 15.3 Å². The van der Waals surface area contributed by atoms with Crippen molar-refractivity contribution in [2.45, 2.75) is 0 Å². The Morgan fingerprint density at radius 2 is 1.53 bits per heavy atom. The number of hydrogen-bond donors (Lipinski definition) is 0. The van der Waals surface area contributed by atoms with Crippen LogP contribution in [0, 0.1) is 0 Å². The first-order valence-electron chi connectivity index (χ1n) is 5.25. The van der Waals surface area contributed by atoms with Gasteiger partial charge in [0.05, 0.1) is 5.39 Å². The van der Waals surface area contributed by atoms with E-state index >= 15 is 0 Å². The number of rotatable bonds is 1. The molecule has 0 spiro atoms. The molecule has 4 nitrogen and oxygen atoms in total. The zero-order chi connectivity index (χ0) is 13.4. The van der Waals surface area contributed by atoms with Crippen LogP contribution < -0.4 is 0 Å². The minimum absolute atomic E-state index is 0.192. The van der Waals surface area contributed by atoms with E-state index in [2.05, 4.69) is 20.2 Å². The van der Waals surface area contributed by atoms with Crippen LogP contribution in [-0.4, -0.2) is 20.2 Å². The third-order valence-electron chi connectivity index (χ3n) is 2.53. The van der Waals surface area contributed by atoms with E-state index in [0.717, 1.165) is 5.56 Å². The minimum Gasteiger partial charge on any atom is -0.236 e. The van der Waals surface area contributed by atoms with E-state index in [1.807, 2.05) is 12.1 Å². The first-order chi connectivity index (χ1) is 9.15. The largest absolute Gasteiger partial charge is 0.236 e. The molecule has 0 amide bonds. The fourth-order valence-corrected chi connectivity index (χ4v) is 2.10. The van der Waals surface area contributed by atoms with Gasteiger partial charge in [-0.1, -0.05) is 34.8 Å². The average Bonchev–Trinajstić information content (AvgIpc) is 2.43. The van der Waals surface area contributed by atoms with Crippen LogP contribution in [0.5, 0.6) is 0 Å². The molecule has 0 fully saturated rings. The highest BCUT2D eigenvalue weighted by Crippen LogP contribution is 2.26. The second-order valence-corrected chi connectivity index (χ2v) is 4.90. The molecule has 3 aromatic rings. The maximum Gasteiger partial charge on any atom is 0.178 e. The summed E-state index contributed by atoms with van der Waals surface area (Å²) in [5.74, 6) is 0.523. The van der Waals surface area contributed by atoms with Gasteiger partial charge in [0.25, 0.3) is 0 Å². The molecule has 0 saturated carbocycles. The second kappa shape index (κ2) is 4.89. The molecule has 0 unspecified atom stereocenters.